The van der Waals surface area contributed by atoms with E-state index in [9.17, 15) is 9.59 Å². The van der Waals surface area contributed by atoms with Crippen LogP contribution in [-0.2, 0) is 9.53 Å². The zero-order valence-corrected chi connectivity index (χ0v) is 11.4. The van der Waals surface area contributed by atoms with Crippen molar-refractivity contribution in [3.63, 3.8) is 0 Å². The molecule has 1 saturated heterocycles. The number of aliphatic carboxylic acids is 1. The molecule has 1 unspecified atom stereocenters. The Morgan fingerprint density at radius 1 is 1.47 bits per heavy atom. The van der Waals surface area contributed by atoms with Gasteiger partial charge >= 0.3 is 12.0 Å². The van der Waals surface area contributed by atoms with Gasteiger partial charge in [-0.25, -0.2) is 4.79 Å². The highest BCUT2D eigenvalue weighted by Crippen LogP contribution is 2.45. The molecule has 1 saturated carbocycles. The van der Waals surface area contributed by atoms with Gasteiger partial charge in [-0.05, 0) is 25.7 Å². The van der Waals surface area contributed by atoms with E-state index < -0.39 is 11.4 Å². The Morgan fingerprint density at radius 3 is 2.74 bits per heavy atom. The molecule has 1 aliphatic heterocycles. The molecule has 2 amide bonds. The second kappa shape index (κ2) is 5.77. The lowest BCUT2D eigenvalue weighted by Crippen LogP contribution is -2.44. The summed E-state index contributed by atoms with van der Waals surface area (Å²) in [5.74, 6) is -0.421. The van der Waals surface area contributed by atoms with Crippen LogP contribution in [0.25, 0.3) is 0 Å². The van der Waals surface area contributed by atoms with Crippen molar-refractivity contribution in [1.29, 1.82) is 0 Å². The van der Waals surface area contributed by atoms with Gasteiger partial charge in [0.1, 0.15) is 0 Å². The number of ether oxygens (including phenoxy) is 1. The molecule has 108 valence electrons. The Hall–Kier alpha value is -1.30. The Balaban J connectivity index is 1.71. The molecule has 2 aliphatic rings. The third-order valence-corrected chi connectivity index (χ3v) is 4.02. The predicted octanol–water partition coefficient (Wildman–Crippen LogP) is 0.919. The van der Waals surface area contributed by atoms with Crippen molar-refractivity contribution in [2.24, 2.45) is 11.3 Å². The van der Waals surface area contributed by atoms with Crippen LogP contribution in [0.5, 0.6) is 0 Å². The lowest BCUT2D eigenvalue weighted by molar-refractivity contribution is -0.143. The molecule has 2 N–H and O–H groups in total. The van der Waals surface area contributed by atoms with Crippen LogP contribution in [0.2, 0.25) is 0 Å². The van der Waals surface area contributed by atoms with E-state index in [1.165, 1.54) is 0 Å². The molecule has 19 heavy (non-hydrogen) atoms. The van der Waals surface area contributed by atoms with Gasteiger partial charge in [-0.2, -0.15) is 0 Å². The zero-order chi connectivity index (χ0) is 13.9. The lowest BCUT2D eigenvalue weighted by Gasteiger charge is -2.27. The number of carbonyl (C=O) groups excluding carboxylic acids is 1. The van der Waals surface area contributed by atoms with E-state index in [4.69, 9.17) is 9.84 Å². The monoisotopic (exact) mass is 270 g/mol. The van der Waals surface area contributed by atoms with Gasteiger partial charge < -0.3 is 20.1 Å². The Labute approximate surface area is 113 Å². The van der Waals surface area contributed by atoms with Crippen molar-refractivity contribution in [1.82, 2.24) is 10.2 Å². The van der Waals surface area contributed by atoms with Gasteiger partial charge in [0.25, 0.3) is 0 Å². The van der Waals surface area contributed by atoms with Gasteiger partial charge in [-0.3, -0.25) is 4.79 Å². The molecule has 6 nitrogen and oxygen atoms in total. The molecule has 2 rings (SSSR count). The average molecular weight is 270 g/mol. The zero-order valence-electron chi connectivity index (χ0n) is 11.4. The van der Waals surface area contributed by atoms with Crippen LogP contribution in [0.3, 0.4) is 0 Å². The van der Waals surface area contributed by atoms with Crippen LogP contribution >= 0.6 is 0 Å². The minimum absolute atomic E-state index is 0.196. The number of rotatable bonds is 5. The second-order valence-electron chi connectivity index (χ2n) is 5.71. The van der Waals surface area contributed by atoms with Crippen LogP contribution < -0.4 is 5.32 Å². The number of carbonyl (C=O) groups is 2. The van der Waals surface area contributed by atoms with Crippen molar-refractivity contribution in [2.45, 2.75) is 25.7 Å². The standard InChI is InChI=1S/C13H22N2O4/c1-15(7-10-3-2-6-19-8-10)12(18)14-9-13(4-5-13)11(16)17/h10H,2-9H2,1H3,(H,14,18)(H,16,17). The maximum Gasteiger partial charge on any atom is 0.317 e. The molecule has 1 heterocycles. The van der Waals surface area contributed by atoms with E-state index in [-0.39, 0.29) is 12.6 Å². The summed E-state index contributed by atoms with van der Waals surface area (Å²) in [7, 11) is 1.74. The summed E-state index contributed by atoms with van der Waals surface area (Å²) in [4.78, 5) is 24.5. The molecule has 0 aromatic carbocycles. The van der Waals surface area contributed by atoms with Gasteiger partial charge in [0.15, 0.2) is 0 Å². The maximum absolute atomic E-state index is 11.9. The van der Waals surface area contributed by atoms with Gasteiger partial charge in [0, 0.05) is 32.7 Å². The highest BCUT2D eigenvalue weighted by atomic mass is 16.5. The van der Waals surface area contributed by atoms with E-state index >= 15 is 0 Å². The van der Waals surface area contributed by atoms with E-state index in [0.29, 0.717) is 31.9 Å². The first-order valence-electron chi connectivity index (χ1n) is 6.84. The van der Waals surface area contributed by atoms with Crippen LogP contribution in [0.15, 0.2) is 0 Å². The molecule has 0 aromatic rings. The van der Waals surface area contributed by atoms with Crippen molar-refractivity contribution < 1.29 is 19.4 Å². The van der Waals surface area contributed by atoms with Gasteiger partial charge in [0.05, 0.1) is 12.0 Å². The third-order valence-electron chi connectivity index (χ3n) is 4.02. The molecule has 0 spiro atoms. The molecule has 0 aromatic heterocycles. The Kier molecular flexibility index (Phi) is 4.29. The number of hydrogen-bond donors (Lipinski definition) is 2. The smallest absolute Gasteiger partial charge is 0.317 e. The lowest BCUT2D eigenvalue weighted by atomic mass is 10.0. The van der Waals surface area contributed by atoms with E-state index in [0.717, 1.165) is 19.4 Å². The minimum Gasteiger partial charge on any atom is -0.481 e. The average Bonchev–Trinajstić information content (AvgIpc) is 3.18. The van der Waals surface area contributed by atoms with Crippen LogP contribution in [0.1, 0.15) is 25.7 Å². The maximum atomic E-state index is 11.9. The van der Waals surface area contributed by atoms with Gasteiger partial charge in [-0.1, -0.05) is 0 Å². The fourth-order valence-electron chi connectivity index (χ4n) is 2.42. The number of carboxylic acids is 1. The molecule has 1 aliphatic carbocycles. The molecular formula is C13H22N2O4. The fraction of sp³-hybridized carbons (Fsp3) is 0.846. The molecule has 2 fully saturated rings. The first-order chi connectivity index (χ1) is 9.03. The van der Waals surface area contributed by atoms with E-state index in [1.54, 1.807) is 11.9 Å². The SMILES string of the molecule is CN(CC1CCCOC1)C(=O)NCC1(C(=O)O)CC1. The van der Waals surface area contributed by atoms with Gasteiger partial charge in [-0.15, -0.1) is 0 Å². The first-order valence-corrected chi connectivity index (χ1v) is 6.84. The summed E-state index contributed by atoms with van der Waals surface area (Å²) in [5, 5.41) is 11.8. The molecule has 1 atom stereocenters. The highest BCUT2D eigenvalue weighted by molar-refractivity contribution is 5.80. The Bertz CT molecular complexity index is 349. The van der Waals surface area contributed by atoms with Crippen molar-refractivity contribution in [3.8, 4) is 0 Å². The number of amides is 2. The first kappa shape index (κ1) is 14.1. The fourth-order valence-corrected chi connectivity index (χ4v) is 2.42. The molecule has 6 heteroatoms. The summed E-state index contributed by atoms with van der Waals surface area (Å²) in [6, 6.07) is -0.196. The van der Waals surface area contributed by atoms with E-state index in [1.807, 2.05) is 0 Å². The summed E-state index contributed by atoms with van der Waals surface area (Å²) in [6.07, 6.45) is 3.44. The van der Waals surface area contributed by atoms with Crippen LogP contribution in [0.4, 0.5) is 4.79 Å². The third kappa shape index (κ3) is 3.59. The number of urea groups is 1. The highest BCUT2D eigenvalue weighted by Gasteiger charge is 2.50. The van der Waals surface area contributed by atoms with Crippen LogP contribution in [-0.4, -0.2) is 55.4 Å². The summed E-state index contributed by atoms with van der Waals surface area (Å²) >= 11 is 0. The summed E-state index contributed by atoms with van der Waals surface area (Å²) < 4.78 is 5.38. The minimum atomic E-state index is -0.809. The quantitative estimate of drug-likeness (QED) is 0.778. The topological polar surface area (TPSA) is 78.9 Å². The number of nitrogens with zero attached hydrogens (tertiary/aromatic N) is 1. The summed E-state index contributed by atoms with van der Waals surface area (Å²) in [6.45, 7) is 2.41. The normalized spacial score (nSPS) is 24.6. The number of nitrogens with one attached hydrogen (secondary N) is 1. The largest absolute Gasteiger partial charge is 0.481 e. The number of carboxylic acid groups (broad SMARTS) is 1. The second-order valence-corrected chi connectivity index (χ2v) is 5.71. The number of hydrogen-bond acceptors (Lipinski definition) is 3. The van der Waals surface area contributed by atoms with E-state index in [2.05, 4.69) is 5.32 Å². The molecular weight excluding hydrogens is 248 g/mol. The molecule has 0 radical (unpaired) electrons. The Morgan fingerprint density at radius 2 is 2.21 bits per heavy atom. The van der Waals surface area contributed by atoms with Crippen molar-refractivity contribution in [2.75, 3.05) is 33.4 Å². The van der Waals surface area contributed by atoms with Gasteiger partial charge in [0.2, 0.25) is 0 Å². The summed E-state index contributed by atoms with van der Waals surface area (Å²) in [5.41, 5.74) is -0.704. The predicted molar refractivity (Wildman–Crippen MR) is 68.9 cm³/mol. The molecule has 0 bridgehead atoms. The van der Waals surface area contributed by atoms with Crippen molar-refractivity contribution >= 4 is 12.0 Å². The van der Waals surface area contributed by atoms with Crippen molar-refractivity contribution in [3.05, 3.63) is 0 Å². The van der Waals surface area contributed by atoms with Crippen LogP contribution in [0, 0.1) is 11.3 Å².